The van der Waals surface area contributed by atoms with Crippen molar-refractivity contribution in [3.63, 3.8) is 0 Å². The second-order valence-corrected chi connectivity index (χ2v) is 9.21. The van der Waals surface area contributed by atoms with Gasteiger partial charge in [-0.1, -0.05) is 25.0 Å². The second-order valence-electron chi connectivity index (χ2n) is 9.21. The summed E-state index contributed by atoms with van der Waals surface area (Å²) in [6.07, 6.45) is 9.48. The Morgan fingerprint density at radius 1 is 1.08 bits per heavy atom. The van der Waals surface area contributed by atoms with E-state index in [1.54, 1.807) is 11.1 Å². The summed E-state index contributed by atoms with van der Waals surface area (Å²) < 4.78 is 5.70. The predicted molar refractivity (Wildman–Crippen MR) is 92.3 cm³/mol. The molecule has 4 aliphatic rings. The van der Waals surface area contributed by atoms with Crippen LogP contribution in [0, 0.1) is 22.7 Å². The molecule has 0 aromatic carbocycles. The van der Waals surface area contributed by atoms with E-state index in [4.69, 9.17) is 4.74 Å². The molecule has 0 heterocycles. The summed E-state index contributed by atoms with van der Waals surface area (Å²) in [5.41, 5.74) is 3.63. The Hall–Kier alpha value is -1.12. The molecule has 3 saturated carbocycles. The van der Waals surface area contributed by atoms with Crippen LogP contribution in [0.25, 0.3) is 0 Å². The Bertz CT molecular complexity index is 619. The lowest BCUT2D eigenvalue weighted by Crippen LogP contribution is -2.45. The summed E-state index contributed by atoms with van der Waals surface area (Å²) in [5, 5.41) is 0. The second kappa shape index (κ2) is 5.44. The lowest BCUT2D eigenvalue weighted by Gasteiger charge is -2.52. The van der Waals surface area contributed by atoms with Gasteiger partial charge in [-0.15, -0.1) is 0 Å². The van der Waals surface area contributed by atoms with E-state index < -0.39 is 0 Å². The van der Waals surface area contributed by atoms with Crippen LogP contribution >= 0.6 is 0 Å². The smallest absolute Gasteiger partial charge is 0.302 e. The predicted octanol–water partition coefficient (Wildman–Crippen LogP) is 4.59. The first-order valence-corrected chi connectivity index (χ1v) is 9.75. The van der Waals surface area contributed by atoms with E-state index in [0.29, 0.717) is 17.6 Å². The monoisotopic (exact) mass is 330 g/mol. The van der Waals surface area contributed by atoms with Crippen LogP contribution in [0.15, 0.2) is 11.1 Å². The number of allylic oxidation sites excluding steroid dienone is 2. The summed E-state index contributed by atoms with van der Waals surface area (Å²) in [6.45, 7) is 6.22. The molecule has 0 saturated heterocycles. The highest BCUT2D eigenvalue weighted by Gasteiger charge is 2.56. The molecule has 4 aliphatic carbocycles. The first kappa shape index (κ1) is 16.4. The van der Waals surface area contributed by atoms with Crippen molar-refractivity contribution in [2.45, 2.75) is 84.7 Å². The van der Waals surface area contributed by atoms with Crippen LogP contribution < -0.4 is 0 Å². The van der Waals surface area contributed by atoms with E-state index in [-0.39, 0.29) is 22.9 Å². The van der Waals surface area contributed by atoms with Gasteiger partial charge in [0.25, 0.3) is 0 Å². The fraction of sp³-hybridized carbons (Fsp3) is 0.810. The molecule has 3 fully saturated rings. The topological polar surface area (TPSA) is 43.4 Å². The van der Waals surface area contributed by atoms with Gasteiger partial charge in [0, 0.05) is 25.2 Å². The van der Waals surface area contributed by atoms with Gasteiger partial charge in [-0.2, -0.15) is 0 Å². The summed E-state index contributed by atoms with van der Waals surface area (Å²) in [5.74, 6) is 1.64. The Morgan fingerprint density at radius 2 is 1.88 bits per heavy atom. The molecule has 0 radical (unpaired) electrons. The minimum atomic E-state index is -0.131. The Labute approximate surface area is 145 Å². The molecule has 0 bridgehead atoms. The molecule has 132 valence electrons. The van der Waals surface area contributed by atoms with Gasteiger partial charge in [0.2, 0.25) is 0 Å². The average Bonchev–Trinajstić information content (AvgIpc) is 2.82. The SMILES string of the molecule is CC(=O)O[C@H]1CC[C@H]2[C@@H]3CC[C@]4(C)CC(=O)CCC4=C3CC[C@]12C. The fourth-order valence-corrected chi connectivity index (χ4v) is 6.67. The van der Waals surface area contributed by atoms with Gasteiger partial charge in [0.1, 0.15) is 11.9 Å². The molecule has 5 atom stereocenters. The number of hydrogen-bond donors (Lipinski definition) is 0. The minimum Gasteiger partial charge on any atom is -0.462 e. The lowest BCUT2D eigenvalue weighted by molar-refractivity contribution is -0.153. The number of ether oxygens (including phenoxy) is 1. The molecule has 0 unspecified atom stereocenters. The maximum absolute atomic E-state index is 12.0. The van der Waals surface area contributed by atoms with Gasteiger partial charge in [-0.25, -0.2) is 0 Å². The normalized spacial score (nSPS) is 44.6. The molecule has 0 spiro atoms. The van der Waals surface area contributed by atoms with Gasteiger partial charge in [0.05, 0.1) is 0 Å². The molecule has 0 N–H and O–H groups in total. The highest BCUT2D eigenvalue weighted by molar-refractivity contribution is 5.81. The molecule has 0 amide bonds. The van der Waals surface area contributed by atoms with E-state index in [2.05, 4.69) is 13.8 Å². The number of rotatable bonds is 1. The zero-order chi connectivity index (χ0) is 17.1. The van der Waals surface area contributed by atoms with Crippen molar-refractivity contribution in [2.24, 2.45) is 22.7 Å². The van der Waals surface area contributed by atoms with Crippen LogP contribution in [0.1, 0.15) is 78.6 Å². The number of fused-ring (bicyclic) bond motifs is 4. The quantitative estimate of drug-likeness (QED) is 0.521. The third-order valence-electron chi connectivity index (χ3n) is 7.86. The lowest BCUT2D eigenvalue weighted by atomic mass is 9.53. The fourth-order valence-electron chi connectivity index (χ4n) is 6.67. The number of carbonyl (C=O) groups excluding carboxylic acids is 2. The van der Waals surface area contributed by atoms with Crippen molar-refractivity contribution in [3.05, 3.63) is 11.1 Å². The van der Waals surface area contributed by atoms with E-state index in [1.165, 1.54) is 19.8 Å². The van der Waals surface area contributed by atoms with Crippen LogP contribution in [0.2, 0.25) is 0 Å². The zero-order valence-electron chi connectivity index (χ0n) is 15.3. The van der Waals surface area contributed by atoms with E-state index >= 15 is 0 Å². The first-order chi connectivity index (χ1) is 11.3. The zero-order valence-corrected chi connectivity index (χ0v) is 15.3. The Kier molecular flexibility index (Phi) is 3.71. The summed E-state index contributed by atoms with van der Waals surface area (Å²) in [6, 6.07) is 0. The van der Waals surface area contributed by atoms with Gasteiger partial charge in [0.15, 0.2) is 0 Å². The van der Waals surface area contributed by atoms with Crippen LogP contribution in [0.5, 0.6) is 0 Å². The van der Waals surface area contributed by atoms with Crippen molar-refractivity contribution in [2.75, 3.05) is 0 Å². The van der Waals surface area contributed by atoms with Crippen molar-refractivity contribution < 1.29 is 14.3 Å². The highest BCUT2D eigenvalue weighted by atomic mass is 16.5. The number of hydrogen-bond acceptors (Lipinski definition) is 3. The molecular weight excluding hydrogens is 300 g/mol. The summed E-state index contributed by atoms with van der Waals surface area (Å²) >= 11 is 0. The van der Waals surface area contributed by atoms with Crippen LogP contribution in [0.3, 0.4) is 0 Å². The molecule has 4 rings (SSSR count). The third kappa shape index (κ3) is 2.30. The summed E-state index contributed by atoms with van der Waals surface area (Å²) in [4.78, 5) is 23.5. The standard InChI is InChI=1S/C21H30O3/c1-13(22)24-19-7-6-18-16-8-10-20(2)12-14(23)4-5-17(20)15(16)9-11-21(18,19)3/h16,18-19H,4-12H2,1-3H3/t16-,18+,19+,20-,21+/m1/s1. The molecule has 0 aromatic rings. The Balaban J connectivity index is 1.65. The molecule has 0 aromatic heterocycles. The Morgan fingerprint density at radius 3 is 2.62 bits per heavy atom. The van der Waals surface area contributed by atoms with E-state index in [9.17, 15) is 9.59 Å². The van der Waals surface area contributed by atoms with Gasteiger partial charge >= 0.3 is 5.97 Å². The largest absolute Gasteiger partial charge is 0.462 e. The van der Waals surface area contributed by atoms with E-state index in [1.807, 2.05) is 0 Å². The number of carbonyl (C=O) groups is 2. The van der Waals surface area contributed by atoms with Crippen LogP contribution in [0.4, 0.5) is 0 Å². The van der Waals surface area contributed by atoms with Gasteiger partial charge in [-0.3, -0.25) is 9.59 Å². The van der Waals surface area contributed by atoms with Gasteiger partial charge in [-0.05, 0) is 62.2 Å². The average molecular weight is 330 g/mol. The molecule has 0 aliphatic heterocycles. The van der Waals surface area contributed by atoms with Crippen molar-refractivity contribution >= 4 is 11.8 Å². The molecule has 3 heteroatoms. The molecule has 24 heavy (non-hydrogen) atoms. The van der Waals surface area contributed by atoms with Gasteiger partial charge < -0.3 is 4.74 Å². The summed E-state index contributed by atoms with van der Waals surface area (Å²) in [7, 11) is 0. The first-order valence-electron chi connectivity index (χ1n) is 9.75. The minimum absolute atomic E-state index is 0.104. The van der Waals surface area contributed by atoms with Crippen molar-refractivity contribution in [1.29, 1.82) is 0 Å². The third-order valence-corrected chi connectivity index (χ3v) is 7.86. The van der Waals surface area contributed by atoms with Crippen molar-refractivity contribution in [3.8, 4) is 0 Å². The highest BCUT2D eigenvalue weighted by Crippen LogP contribution is 2.63. The van der Waals surface area contributed by atoms with E-state index in [0.717, 1.165) is 44.9 Å². The maximum atomic E-state index is 12.0. The van der Waals surface area contributed by atoms with Crippen LogP contribution in [-0.2, 0) is 14.3 Å². The molecular formula is C21H30O3. The number of esters is 1. The number of ketones is 1. The van der Waals surface area contributed by atoms with Crippen LogP contribution in [-0.4, -0.2) is 17.9 Å². The molecule has 3 nitrogen and oxygen atoms in total. The maximum Gasteiger partial charge on any atom is 0.302 e. The number of Topliss-reactive ketones (excluding diaryl/α,β-unsaturated/α-hetero) is 1. The van der Waals surface area contributed by atoms with Crippen molar-refractivity contribution in [1.82, 2.24) is 0 Å².